The fourth-order valence-electron chi connectivity index (χ4n) is 7.34. The lowest BCUT2D eigenvalue weighted by Gasteiger charge is -2.43. The molecule has 48 heavy (non-hydrogen) atoms. The minimum absolute atomic E-state index is 0.0567. The van der Waals surface area contributed by atoms with Crippen LogP contribution in [0.1, 0.15) is 67.5 Å². The topological polar surface area (TPSA) is 112 Å². The third-order valence-corrected chi connectivity index (χ3v) is 9.78. The zero-order valence-electron chi connectivity index (χ0n) is 27.7. The van der Waals surface area contributed by atoms with Crippen molar-refractivity contribution in [1.29, 1.82) is 5.26 Å². The maximum Gasteiger partial charge on any atom is 0.417 e. The number of halogens is 6. The van der Waals surface area contributed by atoms with Crippen LogP contribution in [0.2, 0.25) is 0 Å². The highest BCUT2D eigenvalue weighted by molar-refractivity contribution is 5.85. The van der Waals surface area contributed by atoms with Crippen LogP contribution in [0.3, 0.4) is 0 Å². The molecule has 5 rings (SSSR count). The number of hydrogen-bond acceptors (Lipinski definition) is 8. The molecule has 0 bridgehead atoms. The molecule has 0 radical (unpaired) electrons. The van der Waals surface area contributed by atoms with Crippen LogP contribution in [0.5, 0.6) is 6.01 Å². The van der Waals surface area contributed by atoms with E-state index in [0.29, 0.717) is 17.1 Å². The fourth-order valence-corrected chi connectivity index (χ4v) is 7.34. The molecule has 1 amide bonds. The van der Waals surface area contributed by atoms with E-state index in [1.54, 1.807) is 14.0 Å². The van der Waals surface area contributed by atoms with Gasteiger partial charge in [-0.3, -0.25) is 9.69 Å². The summed E-state index contributed by atoms with van der Waals surface area (Å²) in [5.41, 5.74) is 2.58. The molecule has 15 heteroatoms. The molecule has 2 saturated heterocycles. The lowest BCUT2D eigenvalue weighted by molar-refractivity contribution is -0.144. The number of hydrogen-bond donors (Lipinski definition) is 1. The summed E-state index contributed by atoms with van der Waals surface area (Å²) in [7, 11) is 1.77. The molecule has 262 valence electrons. The number of anilines is 2. The van der Waals surface area contributed by atoms with Crippen LogP contribution in [0.4, 0.5) is 37.8 Å². The highest BCUT2D eigenvalue weighted by atomic mass is 19.4. The number of fused-ring (bicyclic) bond motifs is 1. The maximum atomic E-state index is 15.6. The SMILES string of the molecule is Cc1cc(N)c(F)c([C@H]2Cc3nc(OC[C@@H]4C[C@@H](F)CN4C)nc(N4CCN(C(=O)C(C)(C)F)[C@H](CC#N)C4)c3C[C@@H]2C)c1C(F)(F)F. The number of aryl methyl sites for hydroxylation is 1. The van der Waals surface area contributed by atoms with Crippen LogP contribution in [0, 0.1) is 30.0 Å². The van der Waals surface area contributed by atoms with E-state index in [9.17, 15) is 32.0 Å². The molecule has 1 aromatic heterocycles. The number of nitrogens with zero attached hydrogens (tertiary/aromatic N) is 6. The molecule has 2 fully saturated rings. The Morgan fingerprint density at radius 3 is 2.46 bits per heavy atom. The number of benzene rings is 1. The maximum absolute atomic E-state index is 15.6. The van der Waals surface area contributed by atoms with Crippen molar-refractivity contribution < 1.29 is 35.9 Å². The average molecular weight is 682 g/mol. The zero-order valence-corrected chi connectivity index (χ0v) is 27.7. The van der Waals surface area contributed by atoms with Gasteiger partial charge in [0.15, 0.2) is 5.67 Å². The Bertz CT molecular complexity index is 1590. The number of nitriles is 1. The molecular formula is C33H41F6N7O2. The summed E-state index contributed by atoms with van der Waals surface area (Å²) >= 11 is 0. The molecule has 1 aromatic carbocycles. The Morgan fingerprint density at radius 1 is 1.15 bits per heavy atom. The Morgan fingerprint density at radius 2 is 1.85 bits per heavy atom. The van der Waals surface area contributed by atoms with E-state index in [4.69, 9.17) is 15.5 Å². The van der Waals surface area contributed by atoms with Gasteiger partial charge in [-0.25, -0.2) is 13.2 Å². The summed E-state index contributed by atoms with van der Waals surface area (Å²) in [6.07, 6.45) is -5.55. The Balaban J connectivity index is 1.56. The van der Waals surface area contributed by atoms with E-state index < -0.39 is 58.7 Å². The molecule has 0 spiro atoms. The van der Waals surface area contributed by atoms with E-state index in [-0.39, 0.29) is 81.8 Å². The van der Waals surface area contributed by atoms with Gasteiger partial charge >= 0.3 is 12.2 Å². The van der Waals surface area contributed by atoms with Gasteiger partial charge in [-0.2, -0.15) is 28.4 Å². The average Bonchev–Trinajstić information content (AvgIpc) is 3.32. The standard InChI is InChI=1S/C33H41F6N7O2/c1-17-10-23-25(13-22(17)26-27(33(37,38)39)18(2)11-24(41)28(26)35)42-31(48-16-21-12-19(34)14-44(21)5)43-29(23)45-8-9-46(20(15-45)6-7-40)30(47)32(3,4)36/h11,17,19-22H,6,8-10,12-16,41H2,1-5H3/t17-,19+,20+,21-,22-/m0/s1. The summed E-state index contributed by atoms with van der Waals surface area (Å²) in [6, 6.07) is 2.06. The number of rotatable bonds is 7. The van der Waals surface area contributed by atoms with Crippen molar-refractivity contribution >= 4 is 17.4 Å². The number of likely N-dealkylation sites (N-methyl/N-ethyl adjacent to an activating group) is 1. The lowest BCUT2D eigenvalue weighted by atomic mass is 9.73. The highest BCUT2D eigenvalue weighted by Gasteiger charge is 2.44. The third kappa shape index (κ3) is 6.99. The Kier molecular flexibility index (Phi) is 9.80. The number of aromatic nitrogens is 2. The Labute approximate surface area is 276 Å². The number of piperazine rings is 1. The van der Waals surface area contributed by atoms with Crippen LogP contribution in [0.15, 0.2) is 6.07 Å². The summed E-state index contributed by atoms with van der Waals surface area (Å²) < 4.78 is 93.5. The predicted octanol–water partition coefficient (Wildman–Crippen LogP) is 5.14. The number of amides is 1. The summed E-state index contributed by atoms with van der Waals surface area (Å²) in [6.45, 7) is 6.07. The molecule has 0 saturated carbocycles. The minimum Gasteiger partial charge on any atom is -0.462 e. The van der Waals surface area contributed by atoms with Crippen LogP contribution in [0.25, 0.3) is 0 Å². The van der Waals surface area contributed by atoms with E-state index in [1.807, 2.05) is 9.80 Å². The van der Waals surface area contributed by atoms with Crippen molar-refractivity contribution in [3.8, 4) is 12.1 Å². The second-order valence-corrected chi connectivity index (χ2v) is 13.8. The van der Waals surface area contributed by atoms with Gasteiger partial charge in [0.2, 0.25) is 0 Å². The monoisotopic (exact) mass is 681 g/mol. The molecule has 5 atom stereocenters. The smallest absolute Gasteiger partial charge is 0.417 e. The first-order valence-electron chi connectivity index (χ1n) is 16.0. The first-order valence-corrected chi connectivity index (χ1v) is 16.0. The fraction of sp³-hybridized carbons (Fsp3) is 0.636. The zero-order chi connectivity index (χ0) is 35.3. The molecule has 2 aromatic rings. The van der Waals surface area contributed by atoms with Crippen molar-refractivity contribution in [3.05, 3.63) is 39.8 Å². The van der Waals surface area contributed by atoms with Crippen LogP contribution in [-0.2, 0) is 23.8 Å². The van der Waals surface area contributed by atoms with Gasteiger partial charge in [-0.15, -0.1) is 0 Å². The number of likely N-dealkylation sites (tertiary alicyclic amines) is 1. The molecule has 3 aliphatic rings. The van der Waals surface area contributed by atoms with Gasteiger partial charge in [0.25, 0.3) is 5.91 Å². The molecule has 3 heterocycles. The third-order valence-electron chi connectivity index (χ3n) is 9.78. The van der Waals surface area contributed by atoms with Crippen molar-refractivity contribution in [2.45, 2.75) is 89.4 Å². The Hall–Kier alpha value is -3.80. The predicted molar refractivity (Wildman–Crippen MR) is 166 cm³/mol. The van der Waals surface area contributed by atoms with Gasteiger partial charge in [-0.05, 0) is 70.5 Å². The molecule has 2 N–H and O–H groups in total. The summed E-state index contributed by atoms with van der Waals surface area (Å²) in [5, 5.41) is 9.54. The molecule has 2 aliphatic heterocycles. The lowest BCUT2D eigenvalue weighted by Crippen LogP contribution is -2.58. The van der Waals surface area contributed by atoms with Crippen molar-refractivity contribution in [1.82, 2.24) is 19.8 Å². The molecule has 1 aliphatic carbocycles. The quantitative estimate of drug-likeness (QED) is 0.316. The van der Waals surface area contributed by atoms with Crippen molar-refractivity contribution in [3.63, 3.8) is 0 Å². The number of nitrogens with two attached hydrogens (primary N) is 1. The minimum atomic E-state index is -4.83. The highest BCUT2D eigenvalue weighted by Crippen LogP contribution is 2.47. The summed E-state index contributed by atoms with van der Waals surface area (Å²) in [5.74, 6) is -2.87. The van der Waals surface area contributed by atoms with Crippen LogP contribution >= 0.6 is 0 Å². The second-order valence-electron chi connectivity index (χ2n) is 13.8. The van der Waals surface area contributed by atoms with E-state index in [0.717, 1.165) is 19.9 Å². The largest absolute Gasteiger partial charge is 0.462 e. The van der Waals surface area contributed by atoms with Crippen LogP contribution in [-0.4, -0.2) is 89.4 Å². The van der Waals surface area contributed by atoms with Gasteiger partial charge in [0.05, 0.1) is 35.5 Å². The molecular weight excluding hydrogens is 640 g/mol. The van der Waals surface area contributed by atoms with Gasteiger partial charge in [0.1, 0.15) is 24.4 Å². The second kappa shape index (κ2) is 13.2. The van der Waals surface area contributed by atoms with Gasteiger partial charge in [0, 0.05) is 43.3 Å². The van der Waals surface area contributed by atoms with Crippen molar-refractivity contribution in [2.24, 2.45) is 5.92 Å². The normalized spacial score (nSPS) is 25.2. The molecule has 0 unspecified atom stereocenters. The first-order chi connectivity index (χ1) is 22.4. The van der Waals surface area contributed by atoms with Gasteiger partial charge < -0.3 is 20.3 Å². The van der Waals surface area contributed by atoms with Gasteiger partial charge in [-0.1, -0.05) is 6.92 Å². The first kappa shape index (κ1) is 35.5. The number of ether oxygens (including phenoxy) is 1. The van der Waals surface area contributed by atoms with E-state index in [2.05, 4.69) is 11.1 Å². The van der Waals surface area contributed by atoms with E-state index >= 15 is 4.39 Å². The molecule has 9 nitrogen and oxygen atoms in total. The summed E-state index contributed by atoms with van der Waals surface area (Å²) in [4.78, 5) is 27.3. The van der Waals surface area contributed by atoms with Crippen molar-refractivity contribution in [2.75, 3.05) is 50.5 Å². The number of carbonyl (C=O) groups excluding carboxylic acids is 1. The number of alkyl halides is 5. The van der Waals surface area contributed by atoms with Crippen LogP contribution < -0.4 is 15.4 Å². The van der Waals surface area contributed by atoms with E-state index in [1.165, 1.54) is 11.8 Å². The number of carbonyl (C=O) groups is 1. The number of nitrogen functional groups attached to an aromatic ring is 1.